The first-order valence-corrected chi connectivity index (χ1v) is 12.7. The molecular formula is C26H37BN4O5. The van der Waals surface area contributed by atoms with Gasteiger partial charge in [-0.3, -0.25) is 9.69 Å². The number of hydrogen-bond acceptors (Lipinski definition) is 6. The highest BCUT2D eigenvalue weighted by Gasteiger charge is 2.34. The molecule has 0 spiro atoms. The Balaban J connectivity index is 1.58. The molecule has 2 heterocycles. The van der Waals surface area contributed by atoms with Gasteiger partial charge in [-0.2, -0.15) is 0 Å². The van der Waals surface area contributed by atoms with Crippen molar-refractivity contribution in [3.63, 3.8) is 0 Å². The van der Waals surface area contributed by atoms with Crippen LogP contribution in [0.4, 0.5) is 4.79 Å². The summed E-state index contributed by atoms with van der Waals surface area (Å²) in [5, 5.41) is 21.9. The summed E-state index contributed by atoms with van der Waals surface area (Å²) in [4.78, 5) is 33.2. The minimum atomic E-state index is -1.75. The number of nitrogens with one attached hydrogen (secondary N) is 1. The van der Waals surface area contributed by atoms with Gasteiger partial charge >= 0.3 is 13.2 Å². The molecule has 2 atom stereocenters. The van der Waals surface area contributed by atoms with Crippen LogP contribution in [0.3, 0.4) is 0 Å². The monoisotopic (exact) mass is 496 g/mol. The Morgan fingerprint density at radius 1 is 1.19 bits per heavy atom. The van der Waals surface area contributed by atoms with Gasteiger partial charge in [0.25, 0.3) is 5.91 Å². The summed E-state index contributed by atoms with van der Waals surface area (Å²) in [6, 6.07) is 8.85. The Labute approximate surface area is 214 Å². The van der Waals surface area contributed by atoms with Crippen LogP contribution >= 0.6 is 0 Å². The lowest BCUT2D eigenvalue weighted by atomic mass is 9.76. The van der Waals surface area contributed by atoms with Gasteiger partial charge in [0.2, 0.25) is 5.70 Å². The number of carbonyl (C=O) groups is 2. The number of rotatable bonds is 9. The summed E-state index contributed by atoms with van der Waals surface area (Å²) in [5.41, 5.74) is 0.531. The van der Waals surface area contributed by atoms with Crippen molar-refractivity contribution >= 4 is 19.1 Å². The number of nitrogens with zero attached hydrogens (tertiary/aromatic N) is 3. The SMILES string of the molecule is [C-]#[N+]C(=CC(C)(C)N1CCCCC1)C(=O)N1CCC[C@@H]1COC(=O)N[C@@H](Cc1ccccc1)B(O)O. The van der Waals surface area contributed by atoms with Crippen LogP contribution in [0.15, 0.2) is 42.1 Å². The van der Waals surface area contributed by atoms with Crippen molar-refractivity contribution in [2.45, 2.75) is 69.9 Å². The summed E-state index contributed by atoms with van der Waals surface area (Å²) < 4.78 is 5.36. The van der Waals surface area contributed by atoms with Gasteiger partial charge in [-0.05, 0) is 64.6 Å². The minimum absolute atomic E-state index is 0.0298. The van der Waals surface area contributed by atoms with Gasteiger partial charge in [0.15, 0.2) is 0 Å². The highest BCUT2D eigenvalue weighted by atomic mass is 16.5. The summed E-state index contributed by atoms with van der Waals surface area (Å²) >= 11 is 0. The lowest BCUT2D eigenvalue weighted by Crippen LogP contribution is -2.49. The van der Waals surface area contributed by atoms with Crippen LogP contribution in [0.1, 0.15) is 51.5 Å². The highest BCUT2D eigenvalue weighted by Crippen LogP contribution is 2.26. The fourth-order valence-electron chi connectivity index (χ4n) is 4.93. The smallest absolute Gasteiger partial charge is 0.447 e. The van der Waals surface area contributed by atoms with Crippen LogP contribution in [0.2, 0.25) is 0 Å². The number of piperidine rings is 1. The molecule has 0 radical (unpaired) electrons. The molecule has 2 saturated heterocycles. The predicted octanol–water partition coefficient (Wildman–Crippen LogP) is 2.39. The number of hydrogen-bond donors (Lipinski definition) is 3. The number of benzene rings is 1. The molecule has 1 aromatic rings. The Hall–Kier alpha value is -2.87. The van der Waals surface area contributed by atoms with Crippen molar-refractivity contribution in [2.75, 3.05) is 26.2 Å². The second-order valence-electron chi connectivity index (χ2n) is 10.1. The first-order chi connectivity index (χ1) is 17.2. The molecule has 0 unspecified atom stereocenters. The van der Waals surface area contributed by atoms with Crippen LogP contribution in [-0.4, -0.2) is 82.7 Å². The molecule has 10 heteroatoms. The van der Waals surface area contributed by atoms with Crippen molar-refractivity contribution in [3.8, 4) is 0 Å². The molecule has 0 saturated carbocycles. The average molecular weight is 496 g/mol. The molecule has 2 fully saturated rings. The van der Waals surface area contributed by atoms with Crippen LogP contribution in [-0.2, 0) is 16.0 Å². The first-order valence-electron chi connectivity index (χ1n) is 12.7. The molecule has 3 N–H and O–H groups in total. The third-order valence-electron chi connectivity index (χ3n) is 7.01. The van der Waals surface area contributed by atoms with E-state index in [-0.39, 0.29) is 30.7 Å². The molecular weight excluding hydrogens is 459 g/mol. The van der Waals surface area contributed by atoms with Crippen LogP contribution in [0, 0.1) is 6.57 Å². The molecule has 36 heavy (non-hydrogen) atoms. The molecule has 1 aromatic carbocycles. The van der Waals surface area contributed by atoms with E-state index in [0.29, 0.717) is 13.0 Å². The zero-order valence-electron chi connectivity index (χ0n) is 21.2. The number of alkyl carbamates (subject to hydrolysis) is 1. The third-order valence-corrected chi connectivity index (χ3v) is 7.01. The van der Waals surface area contributed by atoms with Crippen LogP contribution in [0.5, 0.6) is 0 Å². The number of ether oxygens (including phenoxy) is 1. The highest BCUT2D eigenvalue weighted by molar-refractivity contribution is 6.43. The van der Waals surface area contributed by atoms with E-state index in [1.54, 1.807) is 11.0 Å². The van der Waals surface area contributed by atoms with E-state index in [1.807, 2.05) is 44.2 Å². The second-order valence-corrected chi connectivity index (χ2v) is 10.1. The van der Waals surface area contributed by atoms with E-state index in [4.69, 9.17) is 11.3 Å². The average Bonchev–Trinajstić information content (AvgIpc) is 3.35. The van der Waals surface area contributed by atoms with Crippen LogP contribution < -0.4 is 5.32 Å². The molecule has 0 aromatic heterocycles. The lowest BCUT2D eigenvalue weighted by Gasteiger charge is -2.39. The molecule has 2 amide bonds. The largest absolute Gasteiger partial charge is 0.475 e. The van der Waals surface area contributed by atoms with Crippen molar-refractivity contribution in [2.24, 2.45) is 0 Å². The topological polar surface area (TPSA) is 107 Å². The summed E-state index contributed by atoms with van der Waals surface area (Å²) in [6.45, 7) is 14.1. The van der Waals surface area contributed by atoms with E-state index in [1.165, 1.54) is 6.42 Å². The standard InChI is InChI=1S/C26H37BN4O5/c1-26(2,30-14-8-5-9-15-30)18-22(28-3)24(32)31-16-10-13-21(31)19-36-25(33)29-23(27(34)35)17-20-11-6-4-7-12-20/h4,6-7,11-12,18,21,23,34-35H,5,8-10,13-17,19H2,1-2H3,(H,29,33)/t21-,23+/m1/s1. The maximum absolute atomic E-state index is 13.3. The normalized spacial score (nSPS) is 19.9. The fourth-order valence-corrected chi connectivity index (χ4v) is 4.93. The van der Waals surface area contributed by atoms with Crippen molar-refractivity contribution < 1.29 is 24.4 Å². The van der Waals surface area contributed by atoms with E-state index in [2.05, 4.69) is 15.1 Å². The van der Waals surface area contributed by atoms with Gasteiger partial charge < -0.3 is 25.0 Å². The molecule has 2 aliphatic rings. The Morgan fingerprint density at radius 3 is 2.53 bits per heavy atom. The molecule has 9 nitrogen and oxygen atoms in total. The van der Waals surface area contributed by atoms with Gasteiger partial charge in [0.1, 0.15) is 6.61 Å². The molecule has 0 bridgehead atoms. The van der Waals surface area contributed by atoms with Crippen LogP contribution in [0.25, 0.3) is 4.85 Å². The van der Waals surface area contributed by atoms with E-state index in [9.17, 15) is 19.6 Å². The maximum atomic E-state index is 13.3. The van der Waals surface area contributed by atoms with Gasteiger partial charge in [-0.25, -0.2) is 9.64 Å². The molecule has 3 rings (SSSR count). The van der Waals surface area contributed by atoms with Crippen molar-refractivity contribution in [3.05, 3.63) is 59.1 Å². The zero-order chi connectivity index (χ0) is 26.1. The third kappa shape index (κ3) is 7.57. The Kier molecular flexibility index (Phi) is 9.93. The number of carbonyl (C=O) groups excluding carboxylic acids is 2. The first kappa shape index (κ1) is 27.7. The Morgan fingerprint density at radius 2 is 1.89 bits per heavy atom. The minimum Gasteiger partial charge on any atom is -0.447 e. The molecule has 0 aliphatic carbocycles. The van der Waals surface area contributed by atoms with Gasteiger partial charge in [0, 0.05) is 12.1 Å². The number of amides is 2. The van der Waals surface area contributed by atoms with Gasteiger partial charge in [-0.1, -0.05) is 42.8 Å². The molecule has 2 aliphatic heterocycles. The quantitative estimate of drug-likeness (QED) is 0.276. The maximum Gasteiger partial charge on any atom is 0.475 e. The fraction of sp³-hybridized carbons (Fsp3) is 0.577. The summed E-state index contributed by atoms with van der Waals surface area (Å²) in [6.07, 6.45) is 6.08. The van der Waals surface area contributed by atoms with Crippen molar-refractivity contribution in [1.29, 1.82) is 0 Å². The van der Waals surface area contributed by atoms with E-state index < -0.39 is 24.7 Å². The predicted molar refractivity (Wildman–Crippen MR) is 138 cm³/mol. The molecule has 194 valence electrons. The second kappa shape index (κ2) is 12.9. The van der Waals surface area contributed by atoms with E-state index >= 15 is 0 Å². The Bertz CT molecular complexity index is 957. The van der Waals surface area contributed by atoms with Gasteiger partial charge in [0.05, 0.1) is 18.6 Å². The van der Waals surface area contributed by atoms with E-state index in [0.717, 1.165) is 37.9 Å². The zero-order valence-corrected chi connectivity index (χ0v) is 21.2. The van der Waals surface area contributed by atoms with Gasteiger partial charge in [-0.15, -0.1) is 0 Å². The van der Waals surface area contributed by atoms with Crippen molar-refractivity contribution in [1.82, 2.24) is 15.1 Å². The summed E-state index contributed by atoms with van der Waals surface area (Å²) in [7, 11) is -1.75. The summed E-state index contributed by atoms with van der Waals surface area (Å²) in [5.74, 6) is -1.27. The lowest BCUT2D eigenvalue weighted by molar-refractivity contribution is -0.128. The number of likely N-dealkylation sites (tertiary alicyclic amines) is 2.